The number of hydrogen-bond donors (Lipinski definition) is 2. The van der Waals surface area contributed by atoms with Crippen molar-refractivity contribution < 1.29 is 19.5 Å². The summed E-state index contributed by atoms with van der Waals surface area (Å²) in [5.41, 5.74) is 17.4. The molecule has 0 radical (unpaired) electrons. The summed E-state index contributed by atoms with van der Waals surface area (Å²) >= 11 is 16.5. The fourth-order valence-corrected chi connectivity index (χ4v) is 13.9. The lowest BCUT2D eigenvalue weighted by Gasteiger charge is -2.39. The lowest BCUT2D eigenvalue weighted by atomic mass is 9.66. The van der Waals surface area contributed by atoms with Crippen molar-refractivity contribution in [3.05, 3.63) is 313 Å². The summed E-state index contributed by atoms with van der Waals surface area (Å²) in [6.45, 7) is 0. The molecule has 6 nitrogen and oxygen atoms in total. The van der Waals surface area contributed by atoms with E-state index in [2.05, 4.69) is 174 Å². The molecule has 12 aromatic carbocycles. The third-order valence-corrected chi connectivity index (χ3v) is 17.4. The van der Waals surface area contributed by atoms with Crippen molar-refractivity contribution in [2.24, 2.45) is 0 Å². The summed E-state index contributed by atoms with van der Waals surface area (Å²) in [4.78, 5) is 0. The van der Waals surface area contributed by atoms with Gasteiger partial charge in [0.15, 0.2) is 0 Å². The second-order valence-corrected chi connectivity index (χ2v) is 22.4. The van der Waals surface area contributed by atoms with E-state index >= 15 is 0 Å². The normalized spacial score (nSPS) is 13.3. The van der Waals surface area contributed by atoms with Crippen LogP contribution in [0.5, 0.6) is 23.0 Å². The molecule has 0 saturated heterocycles. The van der Waals surface area contributed by atoms with E-state index in [-0.39, 0.29) is 0 Å². The van der Waals surface area contributed by atoms with Crippen LogP contribution in [-0.2, 0) is 10.8 Å². The fraction of sp³-hybridized carbons (Fsp3) is 0.0278. The molecule has 388 valence electrons. The smallest absolute Gasteiger partial charge is 0.457 e. The molecule has 4 aliphatic rings. The zero-order valence-electron chi connectivity index (χ0n) is 43.4. The minimum absolute atomic E-state index is 0.415. The molecule has 2 spiro atoms. The Morgan fingerprint density at radius 2 is 0.744 bits per heavy atom. The van der Waals surface area contributed by atoms with Gasteiger partial charge < -0.3 is 19.5 Å². The van der Waals surface area contributed by atoms with Crippen molar-refractivity contribution in [1.82, 2.24) is 0 Å². The van der Waals surface area contributed by atoms with Gasteiger partial charge in [-0.1, -0.05) is 227 Å². The standard InChI is InChI=1S/C36H20ClNO.C25H14BrClO.C11H8BNO2/c37-24-15-18-33-35(20-24)39-34-19-22(26-16-13-23(21-38)25-7-1-2-8-27(25)26)14-17-32(34)36(33)30-11-5-3-9-28(30)29-10-4-6-12-31(29)36;26-15-9-11-21-23(13-15)28-24-14-16(27)10-12-22(24)25(21)19-7-3-1-5-17(19)18-6-2-4-8-20(18)25;13-7-8-5-6-11(12(14)15)10-4-2-1-3-9(8)10/h1-20H;1-14H;1-6,14-15H. The second-order valence-electron chi connectivity index (χ2n) is 20.6. The van der Waals surface area contributed by atoms with Gasteiger partial charge in [0.25, 0.3) is 0 Å². The molecule has 0 atom stereocenters. The lowest BCUT2D eigenvalue weighted by Crippen LogP contribution is -2.32. The van der Waals surface area contributed by atoms with E-state index in [4.69, 9.17) is 48.0 Å². The van der Waals surface area contributed by atoms with E-state index in [0.717, 1.165) is 77.0 Å². The Bertz CT molecular complexity index is 4590. The highest BCUT2D eigenvalue weighted by molar-refractivity contribution is 9.10. The molecular weight excluding hydrogens is 1120 g/mol. The molecule has 0 amide bonds. The van der Waals surface area contributed by atoms with Gasteiger partial charge >= 0.3 is 7.12 Å². The number of rotatable bonds is 2. The van der Waals surface area contributed by atoms with Crippen molar-refractivity contribution in [2.75, 3.05) is 0 Å². The molecule has 10 heteroatoms. The Kier molecular flexibility index (Phi) is 12.5. The lowest BCUT2D eigenvalue weighted by molar-refractivity contribution is 0.426. The number of ether oxygens (including phenoxy) is 2. The first-order chi connectivity index (χ1) is 40.1. The Morgan fingerprint density at radius 1 is 0.366 bits per heavy atom. The van der Waals surface area contributed by atoms with Crippen LogP contribution in [-0.4, -0.2) is 17.2 Å². The second kappa shape index (κ2) is 20.1. The van der Waals surface area contributed by atoms with Crippen molar-refractivity contribution in [3.8, 4) is 68.5 Å². The van der Waals surface area contributed by atoms with E-state index < -0.39 is 17.9 Å². The largest absolute Gasteiger partial charge is 0.489 e. The first-order valence-corrected chi connectivity index (χ1v) is 28.2. The molecule has 0 fully saturated rings. The van der Waals surface area contributed by atoms with Crippen molar-refractivity contribution >= 4 is 73.3 Å². The van der Waals surface area contributed by atoms with E-state index in [1.54, 1.807) is 30.3 Å². The van der Waals surface area contributed by atoms with Crippen LogP contribution >= 0.6 is 39.1 Å². The maximum Gasteiger partial charge on any atom is 0.489 e. The van der Waals surface area contributed by atoms with Crippen molar-refractivity contribution in [1.29, 1.82) is 10.5 Å². The topological polar surface area (TPSA) is 106 Å². The average molecular weight is 1160 g/mol. The monoisotopic (exact) mass is 1160 g/mol. The summed E-state index contributed by atoms with van der Waals surface area (Å²) in [6, 6.07) is 86.3. The molecule has 0 saturated carbocycles. The number of hydrogen-bond acceptors (Lipinski definition) is 6. The Morgan fingerprint density at radius 3 is 1.22 bits per heavy atom. The van der Waals surface area contributed by atoms with Gasteiger partial charge in [0, 0.05) is 42.2 Å². The number of nitrogens with zero attached hydrogens (tertiary/aromatic N) is 2. The first-order valence-electron chi connectivity index (χ1n) is 26.6. The third-order valence-electron chi connectivity index (χ3n) is 16.5. The summed E-state index contributed by atoms with van der Waals surface area (Å²) in [5, 5.41) is 41.6. The maximum atomic E-state index is 9.67. The average Bonchev–Trinajstić information content (AvgIpc) is 2.72. The Balaban J connectivity index is 0.000000122. The van der Waals surface area contributed by atoms with Crippen molar-refractivity contribution in [2.45, 2.75) is 10.8 Å². The molecule has 2 heterocycles. The van der Waals surface area contributed by atoms with Crippen LogP contribution in [0.3, 0.4) is 0 Å². The summed E-state index contributed by atoms with van der Waals surface area (Å²) in [7, 11) is -1.51. The van der Waals surface area contributed by atoms with Crippen LogP contribution in [0.1, 0.15) is 55.6 Å². The van der Waals surface area contributed by atoms with Gasteiger partial charge in [-0.15, -0.1) is 0 Å². The van der Waals surface area contributed by atoms with Gasteiger partial charge in [-0.25, -0.2) is 0 Å². The van der Waals surface area contributed by atoms with Crippen LogP contribution in [0.15, 0.2) is 247 Å². The minimum atomic E-state index is -1.51. The molecule has 2 N–H and O–H groups in total. The zero-order chi connectivity index (χ0) is 55.9. The van der Waals surface area contributed by atoms with Gasteiger partial charge in [0.2, 0.25) is 0 Å². The highest BCUT2D eigenvalue weighted by atomic mass is 79.9. The molecule has 82 heavy (non-hydrogen) atoms. The van der Waals surface area contributed by atoms with Crippen LogP contribution in [0, 0.1) is 22.7 Å². The fourth-order valence-electron chi connectivity index (χ4n) is 13.2. The van der Waals surface area contributed by atoms with Crippen LogP contribution in [0.4, 0.5) is 0 Å². The summed E-state index contributed by atoms with van der Waals surface area (Å²) in [5.74, 6) is 3.24. The third kappa shape index (κ3) is 7.76. The Labute approximate surface area is 492 Å². The molecule has 0 bridgehead atoms. The number of halogens is 3. The van der Waals surface area contributed by atoms with Crippen LogP contribution in [0.2, 0.25) is 10.0 Å². The maximum absolute atomic E-state index is 9.67. The summed E-state index contributed by atoms with van der Waals surface area (Å²) < 4.78 is 14.0. The van der Waals surface area contributed by atoms with Gasteiger partial charge in [0.05, 0.1) is 34.1 Å². The minimum Gasteiger partial charge on any atom is -0.457 e. The van der Waals surface area contributed by atoms with Gasteiger partial charge in [0.1, 0.15) is 23.0 Å². The molecule has 16 rings (SSSR count). The molecule has 0 aromatic heterocycles. The predicted molar refractivity (Wildman–Crippen MR) is 332 cm³/mol. The number of benzene rings is 12. The molecule has 12 aromatic rings. The van der Waals surface area contributed by atoms with E-state index in [9.17, 15) is 5.26 Å². The van der Waals surface area contributed by atoms with Crippen LogP contribution < -0.4 is 14.9 Å². The van der Waals surface area contributed by atoms with Gasteiger partial charge in [-0.05, 0) is 132 Å². The SMILES string of the molecule is Clc1ccc2c(c1)Oc1cc(Br)ccc1C21c2ccccc2-c2ccccc21.N#Cc1ccc(-c2ccc3c(c2)Oc2cc(Cl)ccc2C32c3ccccc3-c3ccccc32)c2ccccc12.N#Cc1ccc(B(O)O)c2ccccc12. The summed E-state index contributed by atoms with van der Waals surface area (Å²) in [6.07, 6.45) is 0. The highest BCUT2D eigenvalue weighted by Gasteiger charge is 2.52. The zero-order valence-corrected chi connectivity index (χ0v) is 46.5. The van der Waals surface area contributed by atoms with Gasteiger partial charge in [-0.2, -0.15) is 10.5 Å². The number of nitriles is 2. The quantitative estimate of drug-likeness (QED) is 0.167. The molecule has 2 aliphatic heterocycles. The highest BCUT2D eigenvalue weighted by Crippen LogP contribution is 2.64. The predicted octanol–water partition coefficient (Wildman–Crippen LogP) is 17.5. The van der Waals surface area contributed by atoms with E-state index in [1.165, 1.54) is 44.5 Å². The van der Waals surface area contributed by atoms with E-state index in [0.29, 0.717) is 32.0 Å². The Hall–Kier alpha value is -9.22. The molecular formula is C72H42BBrCl2N2O4. The van der Waals surface area contributed by atoms with E-state index in [1.807, 2.05) is 66.7 Å². The first kappa shape index (κ1) is 51.0. The van der Waals surface area contributed by atoms with Gasteiger partial charge in [-0.3, -0.25) is 0 Å². The number of fused-ring (bicyclic) bond motifs is 20. The molecule has 2 aliphatic carbocycles. The van der Waals surface area contributed by atoms with Crippen molar-refractivity contribution in [3.63, 3.8) is 0 Å². The van der Waals surface area contributed by atoms with Crippen LogP contribution in [0.25, 0.3) is 54.9 Å². The molecule has 0 unspecified atom stereocenters.